The van der Waals surface area contributed by atoms with Crippen molar-refractivity contribution >= 4 is 38.4 Å². The number of nitrogens with one attached hydrogen (secondary N) is 2. The molecule has 8 heteroatoms. The molecule has 0 bridgehead atoms. The Hall–Kier alpha value is -3.13. The number of carbonyl (C=O) groups is 1. The fourth-order valence-electron chi connectivity index (χ4n) is 3.66. The minimum atomic E-state index is -3.76. The number of sulfonamides is 1. The number of benzene rings is 2. The zero-order valence-electron chi connectivity index (χ0n) is 17.1. The van der Waals surface area contributed by atoms with E-state index < -0.39 is 15.9 Å². The first-order chi connectivity index (χ1) is 14.3. The van der Waals surface area contributed by atoms with Crippen molar-refractivity contribution in [1.82, 2.24) is 4.72 Å². The average Bonchev–Trinajstić information content (AvgIpc) is 3.33. The smallest absolute Gasteiger partial charge is 0.291 e. The Morgan fingerprint density at radius 3 is 2.57 bits per heavy atom. The molecule has 1 aromatic heterocycles. The molecule has 156 valence electrons. The highest BCUT2D eigenvalue weighted by Gasteiger charge is 2.22. The van der Waals surface area contributed by atoms with Crippen LogP contribution in [0, 0.1) is 20.8 Å². The Balaban J connectivity index is 1.61. The number of hydrogen-bond acceptors (Lipinski definition) is 5. The van der Waals surface area contributed by atoms with E-state index in [9.17, 15) is 13.2 Å². The van der Waals surface area contributed by atoms with Crippen LogP contribution < -0.4 is 10.0 Å². The highest BCUT2D eigenvalue weighted by atomic mass is 32.2. The Labute approximate surface area is 175 Å². The summed E-state index contributed by atoms with van der Waals surface area (Å²) in [5.41, 5.74) is 3.80. The lowest BCUT2D eigenvalue weighted by molar-refractivity contribution is 0.0998. The van der Waals surface area contributed by atoms with Crippen molar-refractivity contribution in [2.75, 3.05) is 11.9 Å². The SMILES string of the molecule is Cc1ccc(C)c2c(C)c(C(=O)Nc3cccc(S(=O)(=O)NC4=NCCC4)c3)oc12. The average molecular weight is 426 g/mol. The van der Waals surface area contributed by atoms with Gasteiger partial charge in [-0.1, -0.05) is 18.2 Å². The van der Waals surface area contributed by atoms with Gasteiger partial charge in [0.25, 0.3) is 15.9 Å². The van der Waals surface area contributed by atoms with Gasteiger partial charge in [0.05, 0.1) is 4.90 Å². The van der Waals surface area contributed by atoms with Gasteiger partial charge in [0, 0.05) is 29.6 Å². The number of furan rings is 1. The highest BCUT2D eigenvalue weighted by Crippen LogP contribution is 2.31. The molecule has 4 rings (SSSR count). The molecule has 2 N–H and O–H groups in total. The van der Waals surface area contributed by atoms with E-state index in [1.165, 1.54) is 12.1 Å². The number of aliphatic imine (C=N–C) groups is 1. The van der Waals surface area contributed by atoms with E-state index in [4.69, 9.17) is 4.42 Å². The van der Waals surface area contributed by atoms with Crippen molar-refractivity contribution in [3.05, 3.63) is 58.8 Å². The van der Waals surface area contributed by atoms with Gasteiger partial charge in [-0.2, -0.15) is 0 Å². The van der Waals surface area contributed by atoms with Gasteiger partial charge in [-0.05, 0) is 56.5 Å². The predicted octanol–water partition coefficient (Wildman–Crippen LogP) is 4.08. The van der Waals surface area contributed by atoms with Gasteiger partial charge >= 0.3 is 0 Å². The number of amidine groups is 1. The summed E-state index contributed by atoms with van der Waals surface area (Å²) >= 11 is 0. The number of rotatable bonds is 4. The molecule has 7 nitrogen and oxygen atoms in total. The number of aryl methyl sites for hydroxylation is 3. The third kappa shape index (κ3) is 3.70. The molecule has 3 aromatic rings. The van der Waals surface area contributed by atoms with E-state index in [1.807, 2.05) is 32.9 Å². The molecule has 2 aromatic carbocycles. The van der Waals surface area contributed by atoms with E-state index in [0.717, 1.165) is 28.5 Å². The summed E-state index contributed by atoms with van der Waals surface area (Å²) in [6.45, 7) is 6.38. The zero-order valence-corrected chi connectivity index (χ0v) is 17.9. The van der Waals surface area contributed by atoms with Crippen molar-refractivity contribution in [3.63, 3.8) is 0 Å². The van der Waals surface area contributed by atoms with Crippen LogP contribution in [0.25, 0.3) is 11.0 Å². The molecule has 0 atom stereocenters. The molecule has 0 saturated carbocycles. The zero-order chi connectivity index (χ0) is 21.5. The Morgan fingerprint density at radius 2 is 1.87 bits per heavy atom. The molecule has 0 aliphatic carbocycles. The van der Waals surface area contributed by atoms with Gasteiger partial charge in [0.1, 0.15) is 11.4 Å². The first-order valence-corrected chi connectivity index (χ1v) is 11.2. The van der Waals surface area contributed by atoms with Crippen LogP contribution in [0.5, 0.6) is 0 Å². The number of anilines is 1. The minimum absolute atomic E-state index is 0.0583. The Morgan fingerprint density at radius 1 is 1.10 bits per heavy atom. The van der Waals surface area contributed by atoms with E-state index in [1.54, 1.807) is 12.1 Å². The summed E-state index contributed by atoms with van der Waals surface area (Å²) in [6, 6.07) is 10.1. The molecular formula is C22H23N3O4S. The first-order valence-electron chi connectivity index (χ1n) is 9.73. The summed E-state index contributed by atoms with van der Waals surface area (Å²) in [5.74, 6) is 0.257. The monoisotopic (exact) mass is 425 g/mol. The molecule has 1 aliphatic heterocycles. The molecule has 2 heterocycles. The van der Waals surface area contributed by atoms with E-state index in [-0.39, 0.29) is 10.7 Å². The van der Waals surface area contributed by atoms with E-state index in [2.05, 4.69) is 15.0 Å². The summed E-state index contributed by atoms with van der Waals surface area (Å²) in [4.78, 5) is 17.1. The van der Waals surface area contributed by atoms with Crippen LogP contribution in [0.2, 0.25) is 0 Å². The van der Waals surface area contributed by atoms with Crippen molar-refractivity contribution in [2.24, 2.45) is 4.99 Å². The van der Waals surface area contributed by atoms with Crippen molar-refractivity contribution in [1.29, 1.82) is 0 Å². The number of nitrogens with zero attached hydrogens (tertiary/aromatic N) is 1. The van der Waals surface area contributed by atoms with Crippen LogP contribution in [0.1, 0.15) is 40.1 Å². The summed E-state index contributed by atoms with van der Waals surface area (Å²) in [5, 5.41) is 3.68. The molecule has 1 amide bonds. The Kier molecular flexibility index (Phi) is 5.11. The molecule has 0 unspecified atom stereocenters. The lowest BCUT2D eigenvalue weighted by atomic mass is 10.0. The van der Waals surface area contributed by atoms with E-state index >= 15 is 0 Å². The van der Waals surface area contributed by atoms with Gasteiger partial charge in [-0.25, -0.2) is 8.42 Å². The number of hydrogen-bond donors (Lipinski definition) is 2. The molecule has 0 radical (unpaired) electrons. The second-order valence-corrected chi connectivity index (χ2v) is 9.16. The number of amides is 1. The van der Waals surface area contributed by atoms with Crippen molar-refractivity contribution < 1.29 is 17.6 Å². The normalized spacial score (nSPS) is 14.0. The summed E-state index contributed by atoms with van der Waals surface area (Å²) in [6.07, 6.45) is 1.45. The Bertz CT molecular complexity index is 1290. The van der Waals surface area contributed by atoms with Crippen LogP contribution in [0.15, 0.2) is 50.7 Å². The van der Waals surface area contributed by atoms with E-state index in [0.29, 0.717) is 30.1 Å². The third-order valence-corrected chi connectivity index (χ3v) is 6.60. The van der Waals surface area contributed by atoms with Gasteiger partial charge in [0.15, 0.2) is 5.76 Å². The highest BCUT2D eigenvalue weighted by molar-refractivity contribution is 7.90. The predicted molar refractivity (Wildman–Crippen MR) is 117 cm³/mol. The third-order valence-electron chi connectivity index (χ3n) is 5.22. The topological polar surface area (TPSA) is 101 Å². The molecule has 0 spiro atoms. The quantitative estimate of drug-likeness (QED) is 0.658. The van der Waals surface area contributed by atoms with Crippen LogP contribution in [0.3, 0.4) is 0 Å². The molecule has 30 heavy (non-hydrogen) atoms. The van der Waals surface area contributed by atoms with Crippen LogP contribution in [-0.2, 0) is 10.0 Å². The second kappa shape index (κ2) is 7.60. The molecule has 0 saturated heterocycles. The van der Waals surface area contributed by atoms with Crippen LogP contribution >= 0.6 is 0 Å². The van der Waals surface area contributed by atoms with Crippen LogP contribution in [-0.4, -0.2) is 26.7 Å². The number of fused-ring (bicyclic) bond motifs is 1. The fraction of sp³-hybridized carbons (Fsp3) is 0.273. The molecular weight excluding hydrogens is 402 g/mol. The summed E-state index contributed by atoms with van der Waals surface area (Å²) in [7, 11) is -3.76. The second-order valence-electron chi connectivity index (χ2n) is 7.48. The van der Waals surface area contributed by atoms with Gasteiger partial charge in [0.2, 0.25) is 0 Å². The van der Waals surface area contributed by atoms with Gasteiger partial charge in [-0.3, -0.25) is 14.5 Å². The van der Waals surface area contributed by atoms with Gasteiger partial charge < -0.3 is 9.73 Å². The maximum absolute atomic E-state index is 12.9. The fourth-order valence-corrected chi connectivity index (χ4v) is 4.79. The molecule has 1 aliphatic rings. The minimum Gasteiger partial charge on any atom is -0.450 e. The van der Waals surface area contributed by atoms with Gasteiger partial charge in [-0.15, -0.1) is 0 Å². The summed E-state index contributed by atoms with van der Waals surface area (Å²) < 4.78 is 33.6. The number of carbonyl (C=O) groups excluding carboxylic acids is 1. The maximum atomic E-state index is 12.9. The lowest BCUT2D eigenvalue weighted by Gasteiger charge is -2.10. The largest absolute Gasteiger partial charge is 0.450 e. The maximum Gasteiger partial charge on any atom is 0.291 e. The first kappa shape index (κ1) is 20.2. The van der Waals surface area contributed by atoms with Crippen molar-refractivity contribution in [2.45, 2.75) is 38.5 Å². The lowest BCUT2D eigenvalue weighted by Crippen LogP contribution is -2.29. The van der Waals surface area contributed by atoms with Crippen molar-refractivity contribution in [3.8, 4) is 0 Å². The van der Waals surface area contributed by atoms with Crippen LogP contribution in [0.4, 0.5) is 5.69 Å². The molecule has 0 fully saturated rings. The standard InChI is InChI=1S/C22H23N3O4S/c1-13-9-10-14(2)20-19(13)15(3)21(29-20)22(26)24-16-6-4-7-17(12-16)30(27,28)25-18-8-5-11-23-18/h4,6-7,9-10,12H,5,8,11H2,1-3H3,(H,23,25)(H,24,26).